The smallest absolute Gasteiger partial charge is 0.0109 e. The van der Waals surface area contributed by atoms with Crippen LogP contribution in [0.15, 0.2) is 24.3 Å². The number of fused-ring (bicyclic) bond motifs is 7. The topological polar surface area (TPSA) is 0 Å². The van der Waals surface area contributed by atoms with E-state index in [0.717, 1.165) is 35.5 Å². The molecule has 0 aromatic heterocycles. The zero-order valence-electron chi connectivity index (χ0n) is 21.2. The predicted octanol–water partition coefficient (Wildman–Crippen LogP) is 8.69. The molecule has 4 unspecified atom stereocenters. The Kier molecular flexibility index (Phi) is 4.47. The third-order valence-electron chi connectivity index (χ3n) is 12.5. The lowest BCUT2D eigenvalue weighted by Crippen LogP contribution is -2.65. The summed E-state index contributed by atoms with van der Waals surface area (Å²) in [5.74, 6) is 5.11. The number of allylic oxidation sites excluding steroid dienone is 4. The van der Waals surface area contributed by atoms with Crippen LogP contribution in [0.25, 0.3) is 0 Å². The molecule has 0 radical (unpaired) electrons. The van der Waals surface area contributed by atoms with Crippen LogP contribution in [0.2, 0.25) is 0 Å². The van der Waals surface area contributed by atoms with Crippen LogP contribution in [0.3, 0.4) is 0 Å². The van der Waals surface area contributed by atoms with E-state index in [2.05, 4.69) is 79.7 Å². The molecule has 0 aromatic carbocycles. The van der Waals surface area contributed by atoms with Crippen LogP contribution < -0.4 is 0 Å². The first-order valence-corrected chi connectivity index (χ1v) is 13.3. The molecule has 0 amide bonds. The van der Waals surface area contributed by atoms with Crippen molar-refractivity contribution in [1.82, 2.24) is 0 Å². The Morgan fingerprint density at radius 2 is 1.50 bits per heavy atom. The van der Waals surface area contributed by atoms with Gasteiger partial charge in [0.15, 0.2) is 0 Å². The van der Waals surface area contributed by atoms with E-state index in [4.69, 9.17) is 0 Å². The first kappa shape index (κ1) is 21.3. The van der Waals surface area contributed by atoms with E-state index in [0.29, 0.717) is 27.1 Å². The quantitative estimate of drug-likeness (QED) is 0.381. The third kappa shape index (κ3) is 2.46. The van der Waals surface area contributed by atoms with Crippen LogP contribution >= 0.6 is 0 Å². The summed E-state index contributed by atoms with van der Waals surface area (Å²) in [5.41, 5.74) is 2.34. The molecule has 5 aliphatic rings. The van der Waals surface area contributed by atoms with Crippen molar-refractivity contribution in [2.45, 2.75) is 100 Å². The fraction of sp³-hybridized carbons (Fsp3) is 0.867. The third-order valence-corrected chi connectivity index (χ3v) is 12.5. The van der Waals surface area contributed by atoms with Gasteiger partial charge in [-0.3, -0.25) is 0 Å². The second kappa shape index (κ2) is 6.29. The van der Waals surface area contributed by atoms with E-state index in [1.807, 2.05) is 0 Å². The van der Waals surface area contributed by atoms with E-state index in [9.17, 15) is 0 Å². The molecule has 0 N–H and O–H groups in total. The molecular weight excluding hydrogens is 360 g/mol. The van der Waals surface area contributed by atoms with Crippen LogP contribution in [-0.4, -0.2) is 0 Å². The summed E-state index contributed by atoms with van der Waals surface area (Å²) in [5, 5.41) is 0. The SMILES string of the molecule is CC(C)[C@H]1C=C[C@]2(C)CC[C@]3(C)C(CCC4[C@@]5(C)CC=CC(C)(C)C5CC[C@]43C)C12. The van der Waals surface area contributed by atoms with Crippen LogP contribution in [0, 0.1) is 62.6 Å². The highest BCUT2D eigenvalue weighted by Crippen LogP contribution is 2.76. The Bertz CT molecular complexity index is 769. The summed E-state index contributed by atoms with van der Waals surface area (Å²) >= 11 is 0. The Hall–Kier alpha value is -0.520. The zero-order chi connectivity index (χ0) is 21.7. The van der Waals surface area contributed by atoms with Gasteiger partial charge in [-0.05, 0) is 108 Å². The molecule has 0 heteroatoms. The Labute approximate surface area is 187 Å². The molecular formula is C30H48. The van der Waals surface area contributed by atoms with E-state index in [1.165, 1.54) is 44.9 Å². The van der Waals surface area contributed by atoms with Crippen LogP contribution in [0.4, 0.5) is 0 Å². The van der Waals surface area contributed by atoms with Crippen molar-refractivity contribution < 1.29 is 0 Å². The molecule has 0 aliphatic heterocycles. The minimum absolute atomic E-state index is 0.370. The van der Waals surface area contributed by atoms with Gasteiger partial charge in [-0.1, -0.05) is 79.7 Å². The number of hydrogen-bond donors (Lipinski definition) is 0. The van der Waals surface area contributed by atoms with Crippen LogP contribution in [-0.2, 0) is 0 Å². The Morgan fingerprint density at radius 1 is 0.767 bits per heavy atom. The van der Waals surface area contributed by atoms with E-state index < -0.39 is 0 Å². The monoisotopic (exact) mass is 408 g/mol. The molecule has 0 bridgehead atoms. The maximum atomic E-state index is 2.77. The second-order valence-corrected chi connectivity index (χ2v) is 14.3. The standard InChI is InChI=1S/C30H48/c1-20(2)21-12-16-27(5)18-19-29(7)22(25(21)27)10-11-24-28(6)15-9-14-26(3,4)23(28)13-17-30(24,29)8/h9,12,14,16,20-25H,10-11,13,15,17-19H2,1-8H3/t21-,22?,23?,24?,25?,27-,28+,29-,30-/m1/s1. The van der Waals surface area contributed by atoms with Gasteiger partial charge < -0.3 is 0 Å². The van der Waals surface area contributed by atoms with Gasteiger partial charge in [0.25, 0.3) is 0 Å². The van der Waals surface area contributed by atoms with Gasteiger partial charge in [0.1, 0.15) is 0 Å². The van der Waals surface area contributed by atoms with Crippen LogP contribution in [0.5, 0.6) is 0 Å². The number of rotatable bonds is 1. The average molecular weight is 409 g/mol. The van der Waals surface area contributed by atoms with Crippen LogP contribution in [0.1, 0.15) is 100 Å². The maximum Gasteiger partial charge on any atom is -0.0109 e. The van der Waals surface area contributed by atoms with Gasteiger partial charge in [0, 0.05) is 0 Å². The van der Waals surface area contributed by atoms with Crippen molar-refractivity contribution in [3.05, 3.63) is 24.3 Å². The van der Waals surface area contributed by atoms with Gasteiger partial charge >= 0.3 is 0 Å². The van der Waals surface area contributed by atoms with Gasteiger partial charge in [-0.15, -0.1) is 0 Å². The molecule has 0 aromatic rings. The van der Waals surface area contributed by atoms with E-state index in [-0.39, 0.29) is 0 Å². The predicted molar refractivity (Wildman–Crippen MR) is 129 cm³/mol. The lowest BCUT2D eigenvalue weighted by atomic mass is 9.33. The normalized spacial score (nSPS) is 56.2. The Morgan fingerprint density at radius 3 is 2.20 bits per heavy atom. The van der Waals surface area contributed by atoms with Crippen molar-refractivity contribution in [3.8, 4) is 0 Å². The number of hydrogen-bond acceptors (Lipinski definition) is 0. The summed E-state index contributed by atoms with van der Waals surface area (Å²) < 4.78 is 0. The summed E-state index contributed by atoms with van der Waals surface area (Å²) in [6, 6.07) is 0. The van der Waals surface area contributed by atoms with Gasteiger partial charge in [0.05, 0.1) is 0 Å². The molecule has 9 atom stereocenters. The fourth-order valence-electron chi connectivity index (χ4n) is 10.8. The summed E-state index contributed by atoms with van der Waals surface area (Å²) in [6.45, 7) is 20.8. The molecule has 0 saturated heterocycles. The van der Waals surface area contributed by atoms with Crippen molar-refractivity contribution in [3.63, 3.8) is 0 Å². The molecule has 5 rings (SSSR count). The highest BCUT2D eigenvalue weighted by atomic mass is 14.7. The summed E-state index contributed by atoms with van der Waals surface area (Å²) in [4.78, 5) is 0. The first-order valence-electron chi connectivity index (χ1n) is 13.3. The van der Waals surface area contributed by atoms with Crippen molar-refractivity contribution in [2.75, 3.05) is 0 Å². The van der Waals surface area contributed by atoms with Gasteiger partial charge in [-0.2, -0.15) is 0 Å². The minimum Gasteiger partial charge on any atom is -0.0874 e. The second-order valence-electron chi connectivity index (χ2n) is 14.3. The molecule has 5 aliphatic carbocycles. The highest BCUT2D eigenvalue weighted by Gasteiger charge is 2.68. The fourth-order valence-corrected chi connectivity index (χ4v) is 10.8. The molecule has 30 heavy (non-hydrogen) atoms. The molecule has 0 nitrogen and oxygen atoms in total. The van der Waals surface area contributed by atoms with Crippen molar-refractivity contribution in [2.24, 2.45) is 62.6 Å². The Balaban J connectivity index is 1.55. The molecule has 3 fully saturated rings. The first-order chi connectivity index (χ1) is 13.9. The van der Waals surface area contributed by atoms with E-state index >= 15 is 0 Å². The van der Waals surface area contributed by atoms with Crippen molar-refractivity contribution in [1.29, 1.82) is 0 Å². The lowest BCUT2D eigenvalue weighted by Gasteiger charge is -2.72. The van der Waals surface area contributed by atoms with Gasteiger partial charge in [0.2, 0.25) is 0 Å². The molecule has 168 valence electrons. The van der Waals surface area contributed by atoms with E-state index in [1.54, 1.807) is 0 Å². The molecule has 3 saturated carbocycles. The highest BCUT2D eigenvalue weighted by molar-refractivity contribution is 5.25. The minimum atomic E-state index is 0.370. The van der Waals surface area contributed by atoms with Gasteiger partial charge in [-0.25, -0.2) is 0 Å². The van der Waals surface area contributed by atoms with Crippen molar-refractivity contribution >= 4 is 0 Å². The summed E-state index contributed by atoms with van der Waals surface area (Å²) in [6.07, 6.45) is 20.5. The largest absolute Gasteiger partial charge is 0.0874 e. The summed E-state index contributed by atoms with van der Waals surface area (Å²) in [7, 11) is 0. The zero-order valence-corrected chi connectivity index (χ0v) is 21.2. The maximum absolute atomic E-state index is 2.77. The molecule has 0 spiro atoms. The lowest BCUT2D eigenvalue weighted by molar-refractivity contribution is -0.224. The average Bonchev–Trinajstić information content (AvgIpc) is 2.99. The molecule has 0 heterocycles.